The first kappa shape index (κ1) is 13.0. The molecule has 2 rings (SSSR count). The average molecular weight is 379 g/mol. The van der Waals surface area contributed by atoms with E-state index in [2.05, 4.69) is 44.1 Å². The second-order valence-electron chi connectivity index (χ2n) is 3.67. The quantitative estimate of drug-likeness (QED) is 0.747. The van der Waals surface area contributed by atoms with Gasteiger partial charge in [0.25, 0.3) is 0 Å². The van der Waals surface area contributed by atoms with Gasteiger partial charge in [-0.05, 0) is 57.0 Å². The molecule has 2 nitrogen and oxygen atoms in total. The van der Waals surface area contributed by atoms with E-state index in [4.69, 9.17) is 16.0 Å². The van der Waals surface area contributed by atoms with Crippen LogP contribution < -0.4 is 5.32 Å². The maximum absolute atomic E-state index is 5.96. The maximum Gasteiger partial charge on any atom is 0.0955 e. The van der Waals surface area contributed by atoms with Crippen LogP contribution in [0, 0.1) is 0 Å². The van der Waals surface area contributed by atoms with Crippen molar-refractivity contribution in [3.8, 4) is 0 Å². The number of hydrogen-bond acceptors (Lipinski definition) is 2. The molecule has 90 valence electrons. The molecule has 2 aromatic rings. The fourth-order valence-corrected chi connectivity index (χ4v) is 3.40. The summed E-state index contributed by atoms with van der Waals surface area (Å²) in [5.41, 5.74) is 2.07. The van der Waals surface area contributed by atoms with E-state index >= 15 is 0 Å². The first-order valence-corrected chi connectivity index (χ1v) is 6.97. The van der Waals surface area contributed by atoms with E-state index in [-0.39, 0.29) is 6.04 Å². The van der Waals surface area contributed by atoms with E-state index in [9.17, 15) is 0 Å². The monoisotopic (exact) mass is 377 g/mol. The third-order valence-electron chi connectivity index (χ3n) is 2.41. The molecule has 0 radical (unpaired) electrons. The fourth-order valence-electron chi connectivity index (χ4n) is 1.50. The predicted octanol–water partition coefficient (Wildman–Crippen LogP) is 5.63. The van der Waals surface area contributed by atoms with Crippen LogP contribution in [0.15, 0.2) is 44.1 Å². The largest absolute Gasteiger partial charge is 0.472 e. The van der Waals surface area contributed by atoms with E-state index in [1.54, 1.807) is 12.5 Å². The first-order valence-electron chi connectivity index (χ1n) is 5.01. The van der Waals surface area contributed by atoms with Crippen molar-refractivity contribution in [3.05, 3.63) is 50.3 Å². The molecule has 0 bridgehead atoms. The molecule has 0 fully saturated rings. The van der Waals surface area contributed by atoms with Gasteiger partial charge in [-0.15, -0.1) is 0 Å². The third kappa shape index (κ3) is 3.06. The van der Waals surface area contributed by atoms with Gasteiger partial charge in [0, 0.05) is 19.5 Å². The van der Waals surface area contributed by atoms with Crippen molar-refractivity contribution in [3.63, 3.8) is 0 Å². The van der Waals surface area contributed by atoms with Crippen LogP contribution in [-0.4, -0.2) is 0 Å². The van der Waals surface area contributed by atoms with E-state index in [0.717, 1.165) is 20.2 Å². The lowest BCUT2D eigenvalue weighted by molar-refractivity contribution is 0.562. The van der Waals surface area contributed by atoms with Crippen molar-refractivity contribution in [1.29, 1.82) is 0 Å². The highest BCUT2D eigenvalue weighted by atomic mass is 79.9. The van der Waals surface area contributed by atoms with E-state index in [1.807, 2.05) is 18.2 Å². The lowest BCUT2D eigenvalue weighted by Crippen LogP contribution is -2.06. The van der Waals surface area contributed by atoms with Crippen LogP contribution in [-0.2, 0) is 0 Å². The summed E-state index contributed by atoms with van der Waals surface area (Å²) in [7, 11) is 0. The second-order valence-corrected chi connectivity index (χ2v) is 5.81. The van der Waals surface area contributed by atoms with Gasteiger partial charge in [-0.25, -0.2) is 0 Å². The molecule has 5 heteroatoms. The van der Waals surface area contributed by atoms with Crippen molar-refractivity contribution in [2.24, 2.45) is 0 Å². The minimum absolute atomic E-state index is 0.155. The Morgan fingerprint density at radius 2 is 1.94 bits per heavy atom. The molecular formula is C12H10Br2ClNO. The van der Waals surface area contributed by atoms with Gasteiger partial charge in [0.05, 0.1) is 24.3 Å². The number of rotatable bonds is 3. The molecule has 0 amide bonds. The van der Waals surface area contributed by atoms with E-state index in [1.165, 1.54) is 0 Å². The van der Waals surface area contributed by atoms with Crippen LogP contribution >= 0.6 is 43.5 Å². The predicted molar refractivity (Wildman–Crippen MR) is 77.6 cm³/mol. The SMILES string of the molecule is CC(Nc1c(Br)cc(Cl)cc1Br)c1ccoc1. The highest BCUT2D eigenvalue weighted by Crippen LogP contribution is 2.36. The Labute approximate surface area is 122 Å². The number of nitrogens with one attached hydrogen (secondary N) is 1. The van der Waals surface area contributed by atoms with Crippen molar-refractivity contribution >= 4 is 49.1 Å². The summed E-state index contributed by atoms with van der Waals surface area (Å²) < 4.78 is 6.92. The molecular weight excluding hydrogens is 369 g/mol. The summed E-state index contributed by atoms with van der Waals surface area (Å²) in [6.45, 7) is 2.07. The van der Waals surface area contributed by atoms with Gasteiger partial charge in [0.15, 0.2) is 0 Å². The Hall–Kier alpha value is -0.450. The summed E-state index contributed by atoms with van der Waals surface area (Å²) in [6, 6.07) is 5.81. The number of halogens is 3. The molecule has 1 unspecified atom stereocenters. The summed E-state index contributed by atoms with van der Waals surface area (Å²) in [5.74, 6) is 0. The number of hydrogen-bond donors (Lipinski definition) is 1. The van der Waals surface area contributed by atoms with Gasteiger partial charge in [0.2, 0.25) is 0 Å². The van der Waals surface area contributed by atoms with Gasteiger partial charge in [0.1, 0.15) is 0 Å². The summed E-state index contributed by atoms with van der Waals surface area (Å²) >= 11 is 12.9. The smallest absolute Gasteiger partial charge is 0.0955 e. The van der Waals surface area contributed by atoms with Gasteiger partial charge in [-0.3, -0.25) is 0 Å². The molecule has 0 aliphatic heterocycles. The number of furan rings is 1. The molecule has 0 saturated carbocycles. The lowest BCUT2D eigenvalue weighted by atomic mass is 10.1. The number of benzene rings is 1. The van der Waals surface area contributed by atoms with Crippen molar-refractivity contribution < 1.29 is 4.42 Å². The zero-order valence-electron chi connectivity index (χ0n) is 9.01. The Morgan fingerprint density at radius 3 is 2.47 bits per heavy atom. The maximum atomic E-state index is 5.96. The van der Waals surface area contributed by atoms with Gasteiger partial charge < -0.3 is 9.73 Å². The minimum Gasteiger partial charge on any atom is -0.472 e. The van der Waals surface area contributed by atoms with Crippen LogP contribution in [0.1, 0.15) is 18.5 Å². The van der Waals surface area contributed by atoms with Gasteiger partial charge >= 0.3 is 0 Å². The molecule has 0 aliphatic carbocycles. The molecule has 0 spiro atoms. The Bertz CT molecular complexity index is 490. The van der Waals surface area contributed by atoms with Crippen LogP contribution in [0.2, 0.25) is 5.02 Å². The summed E-state index contributed by atoms with van der Waals surface area (Å²) in [5, 5.41) is 4.08. The molecule has 1 N–H and O–H groups in total. The van der Waals surface area contributed by atoms with Crippen molar-refractivity contribution in [2.45, 2.75) is 13.0 Å². The first-order chi connectivity index (χ1) is 8.08. The molecule has 1 heterocycles. The normalized spacial score (nSPS) is 12.5. The van der Waals surface area contributed by atoms with E-state index < -0.39 is 0 Å². The second kappa shape index (κ2) is 5.46. The fraction of sp³-hybridized carbons (Fsp3) is 0.167. The van der Waals surface area contributed by atoms with E-state index in [0.29, 0.717) is 5.02 Å². The van der Waals surface area contributed by atoms with Crippen LogP contribution in [0.5, 0.6) is 0 Å². The average Bonchev–Trinajstić information content (AvgIpc) is 2.76. The Kier molecular flexibility index (Phi) is 4.17. The molecule has 0 saturated heterocycles. The van der Waals surface area contributed by atoms with Crippen molar-refractivity contribution in [1.82, 2.24) is 0 Å². The molecule has 1 aromatic heterocycles. The van der Waals surface area contributed by atoms with Crippen LogP contribution in [0.25, 0.3) is 0 Å². The molecule has 17 heavy (non-hydrogen) atoms. The molecule has 1 atom stereocenters. The van der Waals surface area contributed by atoms with Gasteiger partial charge in [-0.1, -0.05) is 11.6 Å². The highest BCUT2D eigenvalue weighted by molar-refractivity contribution is 9.11. The topological polar surface area (TPSA) is 25.2 Å². The lowest BCUT2D eigenvalue weighted by Gasteiger charge is -2.16. The van der Waals surface area contributed by atoms with Crippen molar-refractivity contribution in [2.75, 3.05) is 5.32 Å². The minimum atomic E-state index is 0.155. The number of anilines is 1. The Balaban J connectivity index is 2.25. The standard InChI is InChI=1S/C12H10Br2ClNO/c1-7(8-2-3-17-6-8)16-12-10(13)4-9(15)5-11(12)14/h2-7,16H,1H3. The highest BCUT2D eigenvalue weighted by Gasteiger charge is 2.12. The summed E-state index contributed by atoms with van der Waals surface area (Å²) in [4.78, 5) is 0. The van der Waals surface area contributed by atoms with Crippen LogP contribution in [0.4, 0.5) is 5.69 Å². The third-order valence-corrected chi connectivity index (χ3v) is 3.88. The Morgan fingerprint density at radius 1 is 1.29 bits per heavy atom. The zero-order valence-corrected chi connectivity index (χ0v) is 12.9. The summed E-state index contributed by atoms with van der Waals surface area (Å²) in [6.07, 6.45) is 3.40. The zero-order chi connectivity index (χ0) is 12.4. The van der Waals surface area contributed by atoms with Crippen LogP contribution in [0.3, 0.4) is 0 Å². The molecule has 0 aliphatic rings. The van der Waals surface area contributed by atoms with Gasteiger partial charge in [-0.2, -0.15) is 0 Å². The molecule has 1 aromatic carbocycles.